The van der Waals surface area contributed by atoms with Gasteiger partial charge in [-0.25, -0.2) is 0 Å². The topological polar surface area (TPSA) is 30.5 Å². The fourth-order valence-corrected chi connectivity index (χ4v) is 2.30. The molecule has 0 saturated carbocycles. The minimum atomic E-state index is 0.703. The van der Waals surface area contributed by atoms with Gasteiger partial charge in [0.1, 0.15) is 5.75 Å². The highest BCUT2D eigenvalue weighted by molar-refractivity contribution is 5.27. The van der Waals surface area contributed by atoms with Crippen LogP contribution in [0.4, 0.5) is 0 Å². The molecule has 1 atom stereocenters. The molecule has 1 aromatic rings. The number of piperidine rings is 1. The number of methoxy groups -OCH3 is 1. The monoisotopic (exact) mass is 249 g/mol. The van der Waals surface area contributed by atoms with Crippen LogP contribution in [0.5, 0.6) is 5.75 Å². The van der Waals surface area contributed by atoms with Crippen molar-refractivity contribution >= 4 is 0 Å². The van der Waals surface area contributed by atoms with E-state index in [1.165, 1.54) is 24.9 Å². The van der Waals surface area contributed by atoms with Crippen molar-refractivity contribution in [2.45, 2.75) is 19.3 Å². The Bertz CT molecular complexity index is 331. The Morgan fingerprint density at radius 3 is 2.78 bits per heavy atom. The van der Waals surface area contributed by atoms with Crippen molar-refractivity contribution in [1.29, 1.82) is 0 Å². The molecule has 0 aliphatic carbocycles. The van der Waals surface area contributed by atoms with Crippen molar-refractivity contribution in [3.63, 3.8) is 0 Å². The second-order valence-electron chi connectivity index (χ2n) is 4.89. The predicted octanol–water partition coefficient (Wildman–Crippen LogP) is 2.25. The summed E-state index contributed by atoms with van der Waals surface area (Å²) in [6, 6.07) is 8.20. The summed E-state index contributed by atoms with van der Waals surface area (Å²) in [5.41, 5.74) is 1.30. The highest BCUT2D eigenvalue weighted by atomic mass is 16.5. The van der Waals surface area contributed by atoms with Gasteiger partial charge in [-0.05, 0) is 49.4 Å². The summed E-state index contributed by atoms with van der Waals surface area (Å²) >= 11 is 0. The van der Waals surface area contributed by atoms with Gasteiger partial charge >= 0.3 is 0 Å². The second-order valence-corrected chi connectivity index (χ2v) is 4.89. The SMILES string of the molecule is COc1ccc(CCOC[C@@H]2CCCNC2)cc1. The van der Waals surface area contributed by atoms with E-state index in [0.717, 1.165) is 31.9 Å². The van der Waals surface area contributed by atoms with Crippen molar-refractivity contribution in [2.24, 2.45) is 5.92 Å². The summed E-state index contributed by atoms with van der Waals surface area (Å²) in [5, 5.41) is 3.41. The Balaban J connectivity index is 1.62. The lowest BCUT2D eigenvalue weighted by Gasteiger charge is -2.22. The molecular formula is C15H23NO2. The first kappa shape index (κ1) is 13.4. The summed E-state index contributed by atoms with van der Waals surface area (Å²) < 4.78 is 10.9. The van der Waals surface area contributed by atoms with Crippen molar-refractivity contribution in [1.82, 2.24) is 5.32 Å². The van der Waals surface area contributed by atoms with Gasteiger partial charge in [0.2, 0.25) is 0 Å². The Kier molecular flexibility index (Phi) is 5.49. The molecule has 0 amide bonds. The predicted molar refractivity (Wildman–Crippen MR) is 73.1 cm³/mol. The van der Waals surface area contributed by atoms with E-state index in [9.17, 15) is 0 Å². The lowest BCUT2D eigenvalue weighted by Crippen LogP contribution is -2.32. The summed E-state index contributed by atoms with van der Waals surface area (Å²) in [4.78, 5) is 0. The standard InChI is InChI=1S/C15H23NO2/c1-17-15-6-4-13(5-7-15)8-10-18-12-14-3-2-9-16-11-14/h4-7,14,16H,2-3,8-12H2,1H3/t14-/m1/s1. The van der Waals surface area contributed by atoms with Gasteiger partial charge < -0.3 is 14.8 Å². The molecule has 1 fully saturated rings. The van der Waals surface area contributed by atoms with E-state index in [0.29, 0.717) is 5.92 Å². The molecule has 0 unspecified atom stereocenters. The molecule has 0 bridgehead atoms. The van der Waals surface area contributed by atoms with Gasteiger partial charge in [-0.1, -0.05) is 12.1 Å². The lowest BCUT2D eigenvalue weighted by molar-refractivity contribution is 0.0921. The Hall–Kier alpha value is -1.06. The number of rotatable bonds is 6. The van der Waals surface area contributed by atoms with Gasteiger partial charge in [0.05, 0.1) is 20.3 Å². The zero-order chi connectivity index (χ0) is 12.6. The van der Waals surface area contributed by atoms with E-state index in [1.807, 2.05) is 12.1 Å². The molecule has 1 aliphatic rings. The number of hydrogen-bond donors (Lipinski definition) is 1. The molecule has 0 spiro atoms. The van der Waals surface area contributed by atoms with E-state index >= 15 is 0 Å². The fourth-order valence-electron chi connectivity index (χ4n) is 2.30. The maximum atomic E-state index is 5.76. The maximum absolute atomic E-state index is 5.76. The molecule has 3 nitrogen and oxygen atoms in total. The quantitative estimate of drug-likeness (QED) is 0.784. The number of hydrogen-bond acceptors (Lipinski definition) is 3. The van der Waals surface area contributed by atoms with Crippen molar-refractivity contribution in [3.05, 3.63) is 29.8 Å². The van der Waals surface area contributed by atoms with Gasteiger partial charge in [-0.3, -0.25) is 0 Å². The summed E-state index contributed by atoms with van der Waals surface area (Å²) in [6.07, 6.45) is 3.56. The van der Waals surface area contributed by atoms with Gasteiger partial charge in [0.25, 0.3) is 0 Å². The summed E-state index contributed by atoms with van der Waals surface area (Å²) in [7, 11) is 1.69. The van der Waals surface area contributed by atoms with Gasteiger partial charge in [0.15, 0.2) is 0 Å². The molecule has 0 aromatic heterocycles. The second kappa shape index (κ2) is 7.39. The van der Waals surface area contributed by atoms with Crippen molar-refractivity contribution < 1.29 is 9.47 Å². The average molecular weight is 249 g/mol. The van der Waals surface area contributed by atoms with E-state index in [1.54, 1.807) is 7.11 Å². The molecule has 3 heteroatoms. The van der Waals surface area contributed by atoms with Crippen LogP contribution in [0.1, 0.15) is 18.4 Å². The van der Waals surface area contributed by atoms with Gasteiger partial charge in [-0.15, -0.1) is 0 Å². The summed E-state index contributed by atoms with van der Waals surface area (Å²) in [6.45, 7) is 3.98. The smallest absolute Gasteiger partial charge is 0.118 e. The zero-order valence-corrected chi connectivity index (χ0v) is 11.2. The first-order valence-corrected chi connectivity index (χ1v) is 6.80. The van der Waals surface area contributed by atoms with Crippen LogP contribution in [0.25, 0.3) is 0 Å². The van der Waals surface area contributed by atoms with E-state index in [-0.39, 0.29) is 0 Å². The molecule has 100 valence electrons. The van der Waals surface area contributed by atoms with Crippen LogP contribution in [-0.4, -0.2) is 33.4 Å². The number of benzene rings is 1. The van der Waals surface area contributed by atoms with Gasteiger partial charge in [0, 0.05) is 6.54 Å². The highest BCUT2D eigenvalue weighted by Crippen LogP contribution is 2.13. The third-order valence-electron chi connectivity index (χ3n) is 3.45. The van der Waals surface area contributed by atoms with Crippen LogP contribution in [0, 0.1) is 5.92 Å². The Morgan fingerprint density at radius 2 is 2.11 bits per heavy atom. The molecule has 1 aliphatic heterocycles. The lowest BCUT2D eigenvalue weighted by atomic mass is 10.0. The summed E-state index contributed by atoms with van der Waals surface area (Å²) in [5.74, 6) is 1.61. The minimum absolute atomic E-state index is 0.703. The first-order chi connectivity index (χ1) is 8.88. The van der Waals surface area contributed by atoms with Crippen molar-refractivity contribution in [2.75, 3.05) is 33.4 Å². The normalized spacial score (nSPS) is 19.7. The van der Waals surface area contributed by atoms with E-state index in [2.05, 4.69) is 17.4 Å². The molecule has 1 aromatic carbocycles. The zero-order valence-electron chi connectivity index (χ0n) is 11.2. The molecular weight excluding hydrogens is 226 g/mol. The largest absolute Gasteiger partial charge is 0.497 e. The Labute approximate surface area is 109 Å². The van der Waals surface area contributed by atoms with Crippen LogP contribution in [0.2, 0.25) is 0 Å². The molecule has 1 heterocycles. The number of nitrogens with one attached hydrogen (secondary N) is 1. The average Bonchev–Trinajstić information content (AvgIpc) is 2.45. The third-order valence-corrected chi connectivity index (χ3v) is 3.45. The Morgan fingerprint density at radius 1 is 1.28 bits per heavy atom. The molecule has 1 saturated heterocycles. The van der Waals surface area contributed by atoms with Crippen LogP contribution in [-0.2, 0) is 11.2 Å². The minimum Gasteiger partial charge on any atom is -0.497 e. The van der Waals surface area contributed by atoms with Crippen LogP contribution < -0.4 is 10.1 Å². The van der Waals surface area contributed by atoms with Crippen molar-refractivity contribution in [3.8, 4) is 5.75 Å². The van der Waals surface area contributed by atoms with Crippen LogP contribution in [0.15, 0.2) is 24.3 Å². The molecule has 1 N–H and O–H groups in total. The highest BCUT2D eigenvalue weighted by Gasteiger charge is 2.12. The first-order valence-electron chi connectivity index (χ1n) is 6.80. The van der Waals surface area contributed by atoms with Gasteiger partial charge in [-0.2, -0.15) is 0 Å². The van der Waals surface area contributed by atoms with E-state index in [4.69, 9.17) is 9.47 Å². The third kappa shape index (κ3) is 4.31. The molecule has 2 rings (SSSR count). The van der Waals surface area contributed by atoms with Crippen LogP contribution in [0.3, 0.4) is 0 Å². The fraction of sp³-hybridized carbons (Fsp3) is 0.600. The number of ether oxygens (including phenoxy) is 2. The maximum Gasteiger partial charge on any atom is 0.118 e. The molecule has 0 radical (unpaired) electrons. The molecule has 18 heavy (non-hydrogen) atoms. The van der Waals surface area contributed by atoms with E-state index < -0.39 is 0 Å². The van der Waals surface area contributed by atoms with Crippen LogP contribution >= 0.6 is 0 Å².